The first-order valence-corrected chi connectivity index (χ1v) is 7.61. The van der Waals surface area contributed by atoms with Gasteiger partial charge in [-0.1, -0.05) is 12.1 Å². The first kappa shape index (κ1) is 17.7. The number of nitrogens with zero attached hydrogens (tertiary/aromatic N) is 2. The Morgan fingerprint density at radius 2 is 2.08 bits per heavy atom. The highest BCUT2D eigenvalue weighted by molar-refractivity contribution is 5.80. The summed E-state index contributed by atoms with van der Waals surface area (Å²) in [5.41, 5.74) is 1.14. The lowest BCUT2D eigenvalue weighted by Crippen LogP contribution is -2.39. The number of halogens is 1. The Labute approximate surface area is 139 Å². The van der Waals surface area contributed by atoms with Crippen LogP contribution in [-0.4, -0.2) is 28.1 Å². The summed E-state index contributed by atoms with van der Waals surface area (Å²) in [5, 5.41) is 2.66. The van der Waals surface area contributed by atoms with Crippen LogP contribution >= 0.6 is 0 Å². The second-order valence-corrected chi connectivity index (χ2v) is 5.44. The van der Waals surface area contributed by atoms with Crippen molar-refractivity contribution in [1.29, 1.82) is 0 Å². The molecule has 2 rings (SSSR count). The van der Waals surface area contributed by atoms with E-state index >= 15 is 0 Å². The highest BCUT2D eigenvalue weighted by Crippen LogP contribution is 2.16. The fraction of sp³-hybridized carbons (Fsp3) is 0.353. The first-order chi connectivity index (χ1) is 11.4. The van der Waals surface area contributed by atoms with Gasteiger partial charge in [0.05, 0.1) is 6.33 Å². The number of carbonyl (C=O) groups is 1. The average Bonchev–Trinajstić information content (AvgIpc) is 2.56. The number of carbonyl (C=O) groups excluding carboxylic acids is 1. The Kier molecular flexibility index (Phi) is 5.68. The molecule has 0 saturated heterocycles. The molecule has 7 heteroatoms. The van der Waals surface area contributed by atoms with Gasteiger partial charge in [0.15, 0.2) is 17.7 Å². The van der Waals surface area contributed by atoms with Crippen molar-refractivity contribution in [2.75, 3.05) is 6.54 Å². The Bertz CT molecular complexity index is 789. The molecular formula is C17H20FN3O3. The van der Waals surface area contributed by atoms with E-state index in [9.17, 15) is 14.0 Å². The lowest BCUT2D eigenvalue weighted by Gasteiger charge is -2.15. The minimum atomic E-state index is -0.850. The molecule has 1 aromatic heterocycles. The van der Waals surface area contributed by atoms with Crippen molar-refractivity contribution < 1.29 is 13.9 Å². The Hall–Kier alpha value is -2.70. The first-order valence-electron chi connectivity index (χ1n) is 7.61. The van der Waals surface area contributed by atoms with Crippen molar-refractivity contribution in [3.63, 3.8) is 0 Å². The van der Waals surface area contributed by atoms with E-state index in [1.54, 1.807) is 26.0 Å². The molecule has 1 N–H and O–H groups in total. The minimum Gasteiger partial charge on any atom is -0.478 e. The normalized spacial score (nSPS) is 11.8. The molecule has 0 spiro atoms. The van der Waals surface area contributed by atoms with Gasteiger partial charge in [-0.3, -0.25) is 14.2 Å². The maximum Gasteiger partial charge on any atom is 0.260 e. The zero-order chi connectivity index (χ0) is 17.7. The summed E-state index contributed by atoms with van der Waals surface area (Å²) in [5.74, 6) is -0.886. The van der Waals surface area contributed by atoms with Crippen LogP contribution < -0.4 is 15.6 Å². The van der Waals surface area contributed by atoms with Gasteiger partial charge < -0.3 is 10.1 Å². The van der Waals surface area contributed by atoms with Crippen LogP contribution in [0.1, 0.15) is 18.2 Å². The number of benzene rings is 1. The monoisotopic (exact) mass is 333 g/mol. The topological polar surface area (TPSA) is 73.2 Å². The standard InChI is InChI=1S/C17H20FN3O3/c1-11-12(2)20-10-21(17(11)23)9-8-19-16(22)13(3)24-15-7-5-4-6-14(15)18/h4-7,10,13H,8-9H2,1-3H3,(H,19,22). The molecule has 0 saturated carbocycles. The van der Waals surface area contributed by atoms with Crippen molar-refractivity contribution in [3.05, 3.63) is 58.0 Å². The molecule has 1 heterocycles. The van der Waals surface area contributed by atoms with Crippen LogP contribution in [0.3, 0.4) is 0 Å². The minimum absolute atomic E-state index is 0.0229. The number of aryl methyl sites for hydroxylation is 1. The summed E-state index contributed by atoms with van der Waals surface area (Å²) in [6.07, 6.45) is 0.604. The zero-order valence-corrected chi connectivity index (χ0v) is 13.9. The van der Waals surface area contributed by atoms with Crippen molar-refractivity contribution in [2.24, 2.45) is 0 Å². The maximum atomic E-state index is 13.5. The van der Waals surface area contributed by atoms with Gasteiger partial charge in [-0.25, -0.2) is 9.37 Å². The number of nitrogens with one attached hydrogen (secondary N) is 1. The third kappa shape index (κ3) is 4.18. The van der Waals surface area contributed by atoms with Crippen LogP contribution in [0.25, 0.3) is 0 Å². The molecule has 0 aliphatic heterocycles. The summed E-state index contributed by atoms with van der Waals surface area (Å²) < 4.78 is 20.2. The van der Waals surface area contributed by atoms with Gasteiger partial charge in [0.1, 0.15) is 0 Å². The molecule has 0 aliphatic carbocycles. The van der Waals surface area contributed by atoms with Gasteiger partial charge in [-0.15, -0.1) is 0 Å². The fourth-order valence-electron chi connectivity index (χ4n) is 2.06. The van der Waals surface area contributed by atoms with E-state index < -0.39 is 11.9 Å². The molecule has 6 nitrogen and oxygen atoms in total. The van der Waals surface area contributed by atoms with Gasteiger partial charge >= 0.3 is 0 Å². The van der Waals surface area contributed by atoms with E-state index in [2.05, 4.69) is 10.3 Å². The molecule has 0 radical (unpaired) electrons. The lowest BCUT2D eigenvalue weighted by atomic mass is 10.3. The van der Waals surface area contributed by atoms with Crippen molar-refractivity contribution in [3.8, 4) is 5.75 Å². The lowest BCUT2D eigenvalue weighted by molar-refractivity contribution is -0.127. The second kappa shape index (κ2) is 7.72. The summed E-state index contributed by atoms with van der Waals surface area (Å²) in [7, 11) is 0. The van der Waals surface area contributed by atoms with Crippen LogP contribution in [0.2, 0.25) is 0 Å². The highest BCUT2D eigenvalue weighted by Gasteiger charge is 2.16. The van der Waals surface area contributed by atoms with Gasteiger partial charge in [0.25, 0.3) is 11.5 Å². The molecule has 1 amide bonds. The quantitative estimate of drug-likeness (QED) is 0.871. The van der Waals surface area contributed by atoms with Crippen molar-refractivity contribution in [2.45, 2.75) is 33.4 Å². The molecule has 0 fully saturated rings. The smallest absolute Gasteiger partial charge is 0.260 e. The summed E-state index contributed by atoms with van der Waals surface area (Å²) in [4.78, 5) is 28.1. The molecular weight excluding hydrogens is 313 g/mol. The Morgan fingerprint density at radius 3 is 2.79 bits per heavy atom. The van der Waals surface area contributed by atoms with Crippen LogP contribution in [-0.2, 0) is 11.3 Å². The molecule has 1 aromatic carbocycles. The molecule has 0 bridgehead atoms. The number of amides is 1. The van der Waals surface area contributed by atoms with E-state index in [0.717, 1.165) is 0 Å². The Balaban J connectivity index is 1.88. The van der Waals surface area contributed by atoms with E-state index in [1.165, 1.54) is 30.0 Å². The summed E-state index contributed by atoms with van der Waals surface area (Å²) in [6.45, 7) is 5.55. The second-order valence-electron chi connectivity index (χ2n) is 5.44. The average molecular weight is 333 g/mol. The number of ether oxygens (including phenoxy) is 1. The van der Waals surface area contributed by atoms with E-state index in [-0.39, 0.29) is 23.8 Å². The van der Waals surface area contributed by atoms with Crippen LogP contribution in [0.4, 0.5) is 4.39 Å². The summed E-state index contributed by atoms with van der Waals surface area (Å²) in [6, 6.07) is 5.89. The number of aromatic nitrogens is 2. The SMILES string of the molecule is Cc1ncn(CCNC(=O)C(C)Oc2ccccc2F)c(=O)c1C. The van der Waals surface area contributed by atoms with E-state index in [0.29, 0.717) is 17.8 Å². The van der Waals surface area contributed by atoms with Gasteiger partial charge in [0.2, 0.25) is 0 Å². The molecule has 1 unspecified atom stereocenters. The van der Waals surface area contributed by atoms with Crippen molar-refractivity contribution in [1.82, 2.24) is 14.9 Å². The van der Waals surface area contributed by atoms with Gasteiger partial charge in [0, 0.05) is 24.3 Å². The molecule has 1 atom stereocenters. The predicted molar refractivity (Wildman–Crippen MR) is 87.5 cm³/mol. The highest BCUT2D eigenvalue weighted by atomic mass is 19.1. The summed E-state index contributed by atoms with van der Waals surface area (Å²) >= 11 is 0. The van der Waals surface area contributed by atoms with E-state index in [4.69, 9.17) is 4.74 Å². The number of para-hydroxylation sites is 1. The molecule has 128 valence electrons. The third-order valence-electron chi connectivity index (χ3n) is 3.68. The molecule has 2 aromatic rings. The van der Waals surface area contributed by atoms with Crippen LogP contribution in [0.15, 0.2) is 35.4 Å². The predicted octanol–water partition coefficient (Wildman–Crippen LogP) is 1.58. The van der Waals surface area contributed by atoms with Crippen LogP contribution in [0, 0.1) is 19.7 Å². The zero-order valence-electron chi connectivity index (χ0n) is 13.9. The van der Waals surface area contributed by atoms with Gasteiger partial charge in [-0.2, -0.15) is 0 Å². The van der Waals surface area contributed by atoms with E-state index in [1.807, 2.05) is 0 Å². The van der Waals surface area contributed by atoms with Crippen LogP contribution in [0.5, 0.6) is 5.75 Å². The number of hydrogen-bond acceptors (Lipinski definition) is 4. The third-order valence-corrected chi connectivity index (χ3v) is 3.68. The largest absolute Gasteiger partial charge is 0.478 e. The van der Waals surface area contributed by atoms with Crippen molar-refractivity contribution >= 4 is 5.91 Å². The fourth-order valence-corrected chi connectivity index (χ4v) is 2.06. The molecule has 0 aliphatic rings. The Morgan fingerprint density at radius 1 is 1.38 bits per heavy atom. The molecule has 24 heavy (non-hydrogen) atoms. The van der Waals surface area contributed by atoms with Gasteiger partial charge in [-0.05, 0) is 32.9 Å². The maximum absolute atomic E-state index is 13.5. The number of hydrogen-bond donors (Lipinski definition) is 1. The number of rotatable bonds is 6.